The molecule has 2 aromatic carbocycles. The molecule has 0 spiro atoms. The van der Waals surface area contributed by atoms with Crippen LogP contribution in [0.2, 0.25) is 0 Å². The lowest BCUT2D eigenvalue weighted by atomic mass is 9.89. The van der Waals surface area contributed by atoms with E-state index in [-0.39, 0.29) is 29.8 Å². The van der Waals surface area contributed by atoms with Crippen LogP contribution in [0, 0.1) is 17.6 Å². The number of nitrogens with two attached hydrogens (primary N) is 1. The molecule has 0 bridgehead atoms. The summed E-state index contributed by atoms with van der Waals surface area (Å²) in [4.78, 5) is 14.1. The van der Waals surface area contributed by atoms with Crippen molar-refractivity contribution in [3.8, 4) is 0 Å². The molecule has 1 aliphatic heterocycles. The lowest BCUT2D eigenvalue weighted by Crippen LogP contribution is -2.30. The van der Waals surface area contributed by atoms with Gasteiger partial charge in [-0.3, -0.25) is 4.79 Å². The topological polar surface area (TPSA) is 46.3 Å². The number of benzene rings is 2. The average Bonchev–Trinajstić information content (AvgIpc) is 3.02. The lowest BCUT2D eigenvalue weighted by molar-refractivity contribution is 0.0780. The van der Waals surface area contributed by atoms with Gasteiger partial charge in [0.05, 0.1) is 5.56 Å². The summed E-state index contributed by atoms with van der Waals surface area (Å²) < 4.78 is 27.2. The fourth-order valence-electron chi connectivity index (χ4n) is 3.19. The first kappa shape index (κ1) is 18.4. The second-order valence-electron chi connectivity index (χ2n) is 5.82. The maximum absolute atomic E-state index is 13.9. The normalized spacial score (nSPS) is 19.9. The molecule has 0 aromatic heterocycles. The Morgan fingerprint density at radius 2 is 1.79 bits per heavy atom. The Morgan fingerprint density at radius 3 is 2.46 bits per heavy atom. The summed E-state index contributed by atoms with van der Waals surface area (Å²) >= 11 is 0. The van der Waals surface area contributed by atoms with Gasteiger partial charge in [0.1, 0.15) is 0 Å². The first-order chi connectivity index (χ1) is 11.1. The van der Waals surface area contributed by atoms with Gasteiger partial charge in [-0.15, -0.1) is 12.4 Å². The van der Waals surface area contributed by atoms with Crippen LogP contribution in [0.25, 0.3) is 0 Å². The number of nitrogens with zero attached hydrogens (tertiary/aromatic N) is 1. The molecular formula is C18H19ClF2N2O. The van der Waals surface area contributed by atoms with E-state index in [1.165, 1.54) is 12.1 Å². The molecule has 1 saturated heterocycles. The second-order valence-corrected chi connectivity index (χ2v) is 5.82. The Hall–Kier alpha value is -1.98. The van der Waals surface area contributed by atoms with E-state index >= 15 is 0 Å². The van der Waals surface area contributed by atoms with Crippen LogP contribution in [0.1, 0.15) is 21.8 Å². The van der Waals surface area contributed by atoms with Crippen molar-refractivity contribution >= 4 is 18.3 Å². The van der Waals surface area contributed by atoms with Gasteiger partial charge >= 0.3 is 0 Å². The van der Waals surface area contributed by atoms with Crippen molar-refractivity contribution in [2.75, 3.05) is 19.6 Å². The van der Waals surface area contributed by atoms with Gasteiger partial charge in [-0.25, -0.2) is 8.78 Å². The Bertz CT molecular complexity index is 711. The van der Waals surface area contributed by atoms with E-state index < -0.39 is 17.5 Å². The number of rotatable bonds is 3. The predicted octanol–water partition coefficient (Wildman–Crippen LogP) is 3.20. The van der Waals surface area contributed by atoms with E-state index in [1.54, 1.807) is 4.90 Å². The van der Waals surface area contributed by atoms with Crippen LogP contribution in [0.5, 0.6) is 0 Å². The summed E-state index contributed by atoms with van der Waals surface area (Å²) in [7, 11) is 0. The second kappa shape index (κ2) is 7.73. The number of likely N-dealkylation sites (tertiary alicyclic amines) is 1. The predicted molar refractivity (Wildman–Crippen MR) is 91.2 cm³/mol. The molecule has 0 radical (unpaired) electrons. The van der Waals surface area contributed by atoms with Crippen LogP contribution in [0.4, 0.5) is 8.78 Å². The number of carbonyl (C=O) groups excluding carboxylic acids is 1. The number of halogens is 3. The third kappa shape index (κ3) is 3.42. The van der Waals surface area contributed by atoms with Crippen LogP contribution in [0.3, 0.4) is 0 Å². The molecule has 1 aliphatic rings. The smallest absolute Gasteiger partial charge is 0.256 e. The molecule has 3 nitrogen and oxygen atoms in total. The van der Waals surface area contributed by atoms with Gasteiger partial charge in [-0.2, -0.15) is 0 Å². The van der Waals surface area contributed by atoms with Crippen molar-refractivity contribution in [3.63, 3.8) is 0 Å². The van der Waals surface area contributed by atoms with Crippen molar-refractivity contribution in [3.05, 3.63) is 71.3 Å². The molecule has 2 aromatic rings. The first-order valence-corrected chi connectivity index (χ1v) is 7.60. The van der Waals surface area contributed by atoms with Gasteiger partial charge in [0.15, 0.2) is 11.6 Å². The Morgan fingerprint density at radius 1 is 1.08 bits per heavy atom. The zero-order chi connectivity index (χ0) is 16.4. The molecule has 2 N–H and O–H groups in total. The van der Waals surface area contributed by atoms with Gasteiger partial charge in [-0.1, -0.05) is 36.4 Å². The molecule has 2 atom stereocenters. The lowest BCUT2D eigenvalue weighted by Gasteiger charge is -2.17. The Balaban J connectivity index is 0.00000208. The highest BCUT2D eigenvalue weighted by Gasteiger charge is 2.36. The molecule has 1 fully saturated rings. The van der Waals surface area contributed by atoms with Gasteiger partial charge in [0.2, 0.25) is 0 Å². The number of carbonyl (C=O) groups is 1. The van der Waals surface area contributed by atoms with Crippen LogP contribution < -0.4 is 5.73 Å². The summed E-state index contributed by atoms with van der Waals surface area (Å²) in [6.07, 6.45) is 0. The quantitative estimate of drug-likeness (QED) is 0.922. The molecule has 6 heteroatoms. The Kier molecular flexibility index (Phi) is 5.91. The number of hydrogen-bond acceptors (Lipinski definition) is 2. The highest BCUT2D eigenvalue weighted by molar-refractivity contribution is 5.94. The van der Waals surface area contributed by atoms with Crippen molar-refractivity contribution in [2.24, 2.45) is 11.7 Å². The van der Waals surface area contributed by atoms with Crippen LogP contribution in [-0.4, -0.2) is 30.4 Å². The van der Waals surface area contributed by atoms with Crippen molar-refractivity contribution < 1.29 is 13.6 Å². The summed E-state index contributed by atoms with van der Waals surface area (Å²) in [5.74, 6) is -2.37. The molecule has 1 amide bonds. The maximum atomic E-state index is 13.9. The summed E-state index contributed by atoms with van der Waals surface area (Å²) in [6, 6.07) is 13.5. The van der Waals surface area contributed by atoms with Gasteiger partial charge < -0.3 is 10.6 Å². The fraction of sp³-hybridized carbons (Fsp3) is 0.278. The van der Waals surface area contributed by atoms with E-state index in [0.29, 0.717) is 19.6 Å². The molecule has 0 unspecified atom stereocenters. The van der Waals surface area contributed by atoms with Crippen LogP contribution >= 0.6 is 12.4 Å². The van der Waals surface area contributed by atoms with Crippen LogP contribution in [-0.2, 0) is 0 Å². The maximum Gasteiger partial charge on any atom is 0.256 e. The van der Waals surface area contributed by atoms with E-state index in [9.17, 15) is 13.6 Å². The van der Waals surface area contributed by atoms with Crippen LogP contribution in [0.15, 0.2) is 48.5 Å². The molecule has 1 heterocycles. The van der Waals surface area contributed by atoms with E-state index in [2.05, 4.69) is 0 Å². The molecular weight excluding hydrogens is 334 g/mol. The summed E-state index contributed by atoms with van der Waals surface area (Å²) in [5, 5.41) is 0. The van der Waals surface area contributed by atoms with Crippen molar-refractivity contribution in [1.29, 1.82) is 0 Å². The van der Waals surface area contributed by atoms with Crippen molar-refractivity contribution in [2.45, 2.75) is 5.92 Å². The monoisotopic (exact) mass is 352 g/mol. The molecule has 0 aliphatic carbocycles. The molecule has 128 valence electrons. The molecule has 24 heavy (non-hydrogen) atoms. The Labute approximate surface area is 145 Å². The summed E-state index contributed by atoms with van der Waals surface area (Å²) in [6.45, 7) is 1.35. The van der Waals surface area contributed by atoms with Gasteiger partial charge in [-0.05, 0) is 30.2 Å². The highest BCUT2D eigenvalue weighted by atomic mass is 35.5. The zero-order valence-corrected chi connectivity index (χ0v) is 13.8. The summed E-state index contributed by atoms with van der Waals surface area (Å²) in [5.41, 5.74) is 6.73. The first-order valence-electron chi connectivity index (χ1n) is 7.60. The highest BCUT2D eigenvalue weighted by Crippen LogP contribution is 2.33. The minimum atomic E-state index is -1.09. The SMILES string of the molecule is Cl.NC[C@@H]1CN(C(=O)c2cccc(F)c2F)C[C@H]1c1ccccc1. The minimum Gasteiger partial charge on any atom is -0.338 e. The minimum absolute atomic E-state index is 0. The number of hydrogen-bond donors (Lipinski definition) is 1. The standard InChI is InChI=1S/C18H18F2N2O.ClH/c19-16-8-4-7-14(17(16)20)18(23)22-10-13(9-21)15(11-22)12-5-2-1-3-6-12;/h1-8,13,15H,9-11,21H2;1H/t13-,15+;/m1./s1. The van der Waals surface area contributed by atoms with Gasteiger partial charge in [0.25, 0.3) is 5.91 Å². The van der Waals surface area contributed by atoms with E-state index in [1.807, 2.05) is 30.3 Å². The van der Waals surface area contributed by atoms with Crippen molar-refractivity contribution in [1.82, 2.24) is 4.90 Å². The fourth-order valence-corrected chi connectivity index (χ4v) is 3.19. The number of amides is 1. The molecule has 3 rings (SSSR count). The zero-order valence-electron chi connectivity index (χ0n) is 13.0. The molecule has 0 saturated carbocycles. The van der Waals surface area contributed by atoms with E-state index in [0.717, 1.165) is 11.6 Å². The van der Waals surface area contributed by atoms with Gasteiger partial charge in [0, 0.05) is 19.0 Å². The van der Waals surface area contributed by atoms with E-state index in [4.69, 9.17) is 5.73 Å². The largest absolute Gasteiger partial charge is 0.338 e. The third-order valence-electron chi connectivity index (χ3n) is 4.44. The third-order valence-corrected chi connectivity index (χ3v) is 4.44. The average molecular weight is 353 g/mol.